The number of ether oxygens (including phenoxy) is 4. The van der Waals surface area contributed by atoms with Gasteiger partial charge in [0.1, 0.15) is 23.9 Å². The number of hydrogen-bond acceptors (Lipinski definition) is 7. The van der Waals surface area contributed by atoms with Crippen LogP contribution in [0.4, 0.5) is 11.4 Å². The molecule has 5 aromatic rings. The Morgan fingerprint density at radius 1 is 0.711 bits per heavy atom. The maximum Gasteiger partial charge on any atom is 0.231 e. The van der Waals surface area contributed by atoms with E-state index in [0.29, 0.717) is 42.6 Å². The predicted octanol–water partition coefficient (Wildman–Crippen LogP) is 7.67. The van der Waals surface area contributed by atoms with E-state index in [4.69, 9.17) is 18.9 Å². The maximum absolute atomic E-state index is 12.0. The summed E-state index contributed by atoms with van der Waals surface area (Å²) in [4.78, 5) is 2.24. The molecule has 0 spiro atoms. The van der Waals surface area contributed by atoms with Gasteiger partial charge in [0, 0.05) is 24.8 Å². The molecule has 0 fully saturated rings. The van der Waals surface area contributed by atoms with Gasteiger partial charge in [0.2, 0.25) is 16.8 Å². The van der Waals surface area contributed by atoms with Crippen LogP contribution in [0, 0.1) is 6.92 Å². The van der Waals surface area contributed by atoms with Crippen molar-refractivity contribution in [3.05, 3.63) is 138 Å². The van der Waals surface area contributed by atoms with E-state index in [-0.39, 0.29) is 6.79 Å². The van der Waals surface area contributed by atoms with Crippen molar-refractivity contribution >= 4 is 21.4 Å². The van der Waals surface area contributed by atoms with Crippen molar-refractivity contribution in [1.29, 1.82) is 0 Å². The fraction of sp³-hybridized carbons (Fsp3) is 0.167. The van der Waals surface area contributed by atoms with Crippen LogP contribution in [-0.2, 0) is 29.7 Å². The van der Waals surface area contributed by atoms with Crippen molar-refractivity contribution in [2.45, 2.75) is 26.6 Å². The largest absolute Gasteiger partial charge is 0.489 e. The van der Waals surface area contributed by atoms with Crippen LogP contribution >= 0.6 is 0 Å². The number of sulfonamides is 1. The number of fused-ring (bicyclic) bond motifs is 1. The Morgan fingerprint density at radius 2 is 1.40 bits per heavy atom. The lowest BCUT2D eigenvalue weighted by atomic mass is 10.1. The molecule has 1 N–H and O–H groups in total. The van der Waals surface area contributed by atoms with Crippen molar-refractivity contribution in [1.82, 2.24) is 0 Å². The molecule has 230 valence electrons. The van der Waals surface area contributed by atoms with Gasteiger partial charge in [0.15, 0.2) is 11.5 Å². The van der Waals surface area contributed by atoms with Gasteiger partial charge >= 0.3 is 0 Å². The molecule has 1 aliphatic rings. The Kier molecular flexibility index (Phi) is 8.79. The molecule has 6 rings (SSSR count). The van der Waals surface area contributed by atoms with Gasteiger partial charge in [-0.1, -0.05) is 60.7 Å². The Bertz CT molecular complexity index is 1880. The number of benzene rings is 5. The molecular formula is C36H34N2O6S. The van der Waals surface area contributed by atoms with Crippen LogP contribution in [0.25, 0.3) is 0 Å². The van der Waals surface area contributed by atoms with Gasteiger partial charge in [0.25, 0.3) is 0 Å². The molecule has 0 unspecified atom stereocenters. The highest BCUT2D eigenvalue weighted by molar-refractivity contribution is 7.92. The third-order valence-corrected chi connectivity index (χ3v) is 7.93. The van der Waals surface area contributed by atoms with Crippen molar-refractivity contribution in [2.24, 2.45) is 0 Å². The van der Waals surface area contributed by atoms with E-state index in [2.05, 4.69) is 21.8 Å². The second kappa shape index (κ2) is 13.2. The zero-order valence-electron chi connectivity index (χ0n) is 25.1. The Balaban J connectivity index is 1.14. The SMILES string of the molecule is Cc1c(NS(C)(=O)=O)cccc1N(Cc1ccccc1)Cc1ccc(Oc2cccc(OCc3ccc4c(c3)OCO4)c2)cc1. The summed E-state index contributed by atoms with van der Waals surface area (Å²) in [5.74, 6) is 3.54. The van der Waals surface area contributed by atoms with E-state index in [9.17, 15) is 8.42 Å². The smallest absolute Gasteiger partial charge is 0.231 e. The molecule has 0 saturated heterocycles. The molecule has 5 aromatic carbocycles. The van der Waals surface area contributed by atoms with Gasteiger partial charge in [-0.3, -0.25) is 4.72 Å². The topological polar surface area (TPSA) is 86.3 Å². The summed E-state index contributed by atoms with van der Waals surface area (Å²) in [6, 6.07) is 37.2. The second-order valence-corrected chi connectivity index (χ2v) is 12.6. The fourth-order valence-electron chi connectivity index (χ4n) is 5.15. The zero-order chi connectivity index (χ0) is 31.2. The number of nitrogens with one attached hydrogen (secondary N) is 1. The van der Waals surface area contributed by atoms with Crippen LogP contribution in [0.15, 0.2) is 115 Å². The van der Waals surface area contributed by atoms with Crippen LogP contribution in [0.2, 0.25) is 0 Å². The summed E-state index contributed by atoms with van der Waals surface area (Å²) in [7, 11) is -3.41. The number of anilines is 2. The first-order chi connectivity index (χ1) is 21.8. The Morgan fingerprint density at radius 3 is 2.18 bits per heavy atom. The van der Waals surface area contributed by atoms with Crippen LogP contribution in [0.1, 0.15) is 22.3 Å². The molecule has 0 aliphatic carbocycles. The molecule has 0 atom stereocenters. The summed E-state index contributed by atoms with van der Waals surface area (Å²) in [6.07, 6.45) is 1.16. The minimum atomic E-state index is -3.41. The lowest BCUT2D eigenvalue weighted by Gasteiger charge is -2.28. The average Bonchev–Trinajstić information content (AvgIpc) is 3.50. The zero-order valence-corrected chi connectivity index (χ0v) is 25.9. The quantitative estimate of drug-likeness (QED) is 0.153. The first kappa shape index (κ1) is 29.9. The van der Waals surface area contributed by atoms with Crippen LogP contribution in [0.3, 0.4) is 0 Å². The van der Waals surface area contributed by atoms with E-state index in [0.717, 1.165) is 45.7 Å². The first-order valence-corrected chi connectivity index (χ1v) is 16.4. The molecular weight excluding hydrogens is 588 g/mol. The van der Waals surface area contributed by atoms with Crippen molar-refractivity contribution in [2.75, 3.05) is 22.7 Å². The summed E-state index contributed by atoms with van der Waals surface area (Å²) in [5, 5.41) is 0. The van der Waals surface area contributed by atoms with Crippen LogP contribution in [0.5, 0.6) is 28.7 Å². The maximum atomic E-state index is 12.0. The Labute approximate surface area is 263 Å². The number of hydrogen-bond donors (Lipinski definition) is 1. The highest BCUT2D eigenvalue weighted by Gasteiger charge is 2.16. The second-order valence-electron chi connectivity index (χ2n) is 10.9. The third kappa shape index (κ3) is 7.87. The van der Waals surface area contributed by atoms with E-state index < -0.39 is 10.0 Å². The standard InChI is InChI=1S/C36H34N2O6S/c1-26-33(37-45(2,39)40)12-7-13-34(26)38(22-27-8-4-3-5-9-27)23-28-14-17-30(18-15-28)44-32-11-6-10-31(21-32)41-24-29-16-19-35-36(20-29)43-25-42-35/h3-21,37H,22-25H2,1-2H3. The van der Waals surface area contributed by atoms with Gasteiger partial charge in [-0.05, 0) is 77.7 Å². The third-order valence-electron chi connectivity index (χ3n) is 7.34. The lowest BCUT2D eigenvalue weighted by molar-refractivity contribution is 0.174. The molecule has 1 aliphatic heterocycles. The van der Waals surface area contributed by atoms with E-state index in [1.807, 2.05) is 104 Å². The van der Waals surface area contributed by atoms with E-state index in [1.54, 1.807) is 6.07 Å². The number of rotatable bonds is 12. The van der Waals surface area contributed by atoms with Gasteiger partial charge in [-0.15, -0.1) is 0 Å². The van der Waals surface area contributed by atoms with Crippen molar-refractivity contribution in [3.8, 4) is 28.7 Å². The molecule has 0 radical (unpaired) electrons. The lowest BCUT2D eigenvalue weighted by Crippen LogP contribution is -2.23. The van der Waals surface area contributed by atoms with Gasteiger partial charge in [-0.2, -0.15) is 0 Å². The van der Waals surface area contributed by atoms with E-state index in [1.165, 1.54) is 0 Å². The van der Waals surface area contributed by atoms with Crippen LogP contribution < -0.4 is 28.6 Å². The number of nitrogens with zero attached hydrogens (tertiary/aromatic N) is 1. The van der Waals surface area contributed by atoms with Gasteiger partial charge in [0.05, 0.1) is 11.9 Å². The fourth-order valence-corrected chi connectivity index (χ4v) is 5.77. The highest BCUT2D eigenvalue weighted by atomic mass is 32.2. The van der Waals surface area contributed by atoms with Gasteiger partial charge in [-0.25, -0.2) is 8.42 Å². The average molecular weight is 623 g/mol. The molecule has 0 aromatic heterocycles. The highest BCUT2D eigenvalue weighted by Crippen LogP contribution is 2.34. The molecule has 9 heteroatoms. The molecule has 45 heavy (non-hydrogen) atoms. The van der Waals surface area contributed by atoms with Gasteiger partial charge < -0.3 is 23.8 Å². The summed E-state index contributed by atoms with van der Waals surface area (Å²) in [5.41, 5.74) is 5.60. The minimum Gasteiger partial charge on any atom is -0.489 e. The predicted molar refractivity (Wildman–Crippen MR) is 176 cm³/mol. The summed E-state index contributed by atoms with van der Waals surface area (Å²) in [6.45, 7) is 3.83. The van der Waals surface area contributed by atoms with E-state index >= 15 is 0 Å². The normalized spacial score (nSPS) is 12.0. The first-order valence-electron chi connectivity index (χ1n) is 14.5. The van der Waals surface area contributed by atoms with Crippen molar-refractivity contribution < 1.29 is 27.4 Å². The molecule has 1 heterocycles. The van der Waals surface area contributed by atoms with Crippen LogP contribution in [-0.4, -0.2) is 21.5 Å². The summed E-state index contributed by atoms with van der Waals surface area (Å²) >= 11 is 0. The van der Waals surface area contributed by atoms with Crippen molar-refractivity contribution in [3.63, 3.8) is 0 Å². The monoisotopic (exact) mass is 622 g/mol. The molecule has 8 nitrogen and oxygen atoms in total. The summed E-state index contributed by atoms with van der Waals surface area (Å²) < 4.78 is 49.6. The molecule has 0 amide bonds. The molecule has 0 bridgehead atoms. The molecule has 0 saturated carbocycles. The minimum absolute atomic E-state index is 0.241. The Hall–Kier alpha value is -5.15.